The van der Waals surface area contributed by atoms with Crippen molar-refractivity contribution in [3.63, 3.8) is 0 Å². The number of ether oxygens (including phenoxy) is 1. The molecule has 0 fully saturated rings. The standard InChI is InChI=1S/C20H23NO2/c1-5-21(3)19-14-17(23-4)12-13-18(19)15(2)20(22)16-10-8-6-7-9-11-16/h6-10,12-14H,2,5,11H2,1,3-4H3. The number of carbonyl (C=O) groups excluding carboxylic acids is 1. The average Bonchev–Trinajstić information content (AvgIpc) is 2.88. The minimum absolute atomic E-state index is 0.0166. The number of nitrogens with zero attached hydrogens (tertiary/aromatic N) is 1. The van der Waals surface area contributed by atoms with E-state index in [1.165, 1.54) is 0 Å². The Bertz CT molecular complexity index is 696. The van der Waals surface area contributed by atoms with Gasteiger partial charge in [-0.15, -0.1) is 0 Å². The number of rotatable bonds is 6. The highest BCUT2D eigenvalue weighted by molar-refractivity contribution is 6.29. The van der Waals surface area contributed by atoms with E-state index < -0.39 is 0 Å². The van der Waals surface area contributed by atoms with Crippen LogP contribution in [-0.2, 0) is 4.79 Å². The van der Waals surface area contributed by atoms with Gasteiger partial charge in [0.1, 0.15) is 5.75 Å². The van der Waals surface area contributed by atoms with Crippen LogP contribution in [0.2, 0.25) is 0 Å². The van der Waals surface area contributed by atoms with Crippen LogP contribution in [0.3, 0.4) is 0 Å². The molecule has 2 rings (SSSR count). The van der Waals surface area contributed by atoms with Crippen LogP contribution in [0.5, 0.6) is 5.75 Å². The van der Waals surface area contributed by atoms with Gasteiger partial charge in [-0.25, -0.2) is 0 Å². The zero-order valence-corrected chi connectivity index (χ0v) is 14.0. The highest BCUT2D eigenvalue weighted by Crippen LogP contribution is 2.32. The second-order valence-electron chi connectivity index (χ2n) is 5.41. The lowest BCUT2D eigenvalue weighted by atomic mass is 9.94. The summed E-state index contributed by atoms with van der Waals surface area (Å²) in [4.78, 5) is 14.9. The second kappa shape index (κ2) is 7.63. The lowest BCUT2D eigenvalue weighted by Gasteiger charge is -2.22. The van der Waals surface area contributed by atoms with E-state index in [0.717, 1.165) is 29.1 Å². The second-order valence-corrected chi connectivity index (χ2v) is 5.41. The molecule has 1 aromatic carbocycles. The first-order chi connectivity index (χ1) is 11.1. The zero-order chi connectivity index (χ0) is 16.8. The van der Waals surface area contributed by atoms with E-state index in [9.17, 15) is 4.79 Å². The number of Topliss-reactive ketones (excluding diaryl/α,β-unsaturated/α-hetero) is 1. The molecule has 0 amide bonds. The molecule has 0 unspecified atom stereocenters. The van der Waals surface area contributed by atoms with Crippen molar-refractivity contribution in [3.05, 3.63) is 66.3 Å². The highest BCUT2D eigenvalue weighted by atomic mass is 16.5. The number of ketones is 1. The van der Waals surface area contributed by atoms with E-state index >= 15 is 0 Å². The molecule has 0 aromatic heterocycles. The predicted molar refractivity (Wildman–Crippen MR) is 97.0 cm³/mol. The SMILES string of the molecule is C=C(C(=O)C1=CC=CC=CC1)c1ccc(OC)cc1N(C)CC. The van der Waals surface area contributed by atoms with Gasteiger partial charge in [-0.1, -0.05) is 37.0 Å². The van der Waals surface area contributed by atoms with Crippen molar-refractivity contribution in [2.24, 2.45) is 0 Å². The van der Waals surface area contributed by atoms with E-state index in [-0.39, 0.29) is 5.78 Å². The molecule has 1 aromatic rings. The van der Waals surface area contributed by atoms with Crippen LogP contribution in [-0.4, -0.2) is 26.5 Å². The van der Waals surface area contributed by atoms with Crippen molar-refractivity contribution in [1.82, 2.24) is 0 Å². The summed E-state index contributed by atoms with van der Waals surface area (Å²) in [5, 5.41) is 0. The van der Waals surface area contributed by atoms with Crippen LogP contribution in [0.25, 0.3) is 5.57 Å². The minimum atomic E-state index is -0.0166. The van der Waals surface area contributed by atoms with Crippen molar-refractivity contribution in [2.75, 3.05) is 25.6 Å². The molecule has 0 spiro atoms. The van der Waals surface area contributed by atoms with E-state index in [0.29, 0.717) is 12.0 Å². The fourth-order valence-corrected chi connectivity index (χ4v) is 2.44. The molecule has 0 atom stereocenters. The Kier molecular flexibility index (Phi) is 5.58. The summed E-state index contributed by atoms with van der Waals surface area (Å²) >= 11 is 0. The third-order valence-electron chi connectivity index (χ3n) is 3.97. The Morgan fingerprint density at radius 2 is 2.09 bits per heavy atom. The number of benzene rings is 1. The van der Waals surface area contributed by atoms with Gasteiger partial charge < -0.3 is 9.64 Å². The first-order valence-corrected chi connectivity index (χ1v) is 7.74. The predicted octanol–water partition coefficient (Wildman–Crippen LogP) is 4.18. The monoisotopic (exact) mass is 309 g/mol. The van der Waals surface area contributed by atoms with Gasteiger partial charge in [0.05, 0.1) is 7.11 Å². The molecule has 3 nitrogen and oxygen atoms in total. The summed E-state index contributed by atoms with van der Waals surface area (Å²) < 4.78 is 5.31. The van der Waals surface area contributed by atoms with Crippen LogP contribution in [0.4, 0.5) is 5.69 Å². The average molecular weight is 309 g/mol. The molecule has 0 heterocycles. The highest BCUT2D eigenvalue weighted by Gasteiger charge is 2.18. The smallest absolute Gasteiger partial charge is 0.189 e. The van der Waals surface area contributed by atoms with Crippen LogP contribution in [0.1, 0.15) is 18.9 Å². The third kappa shape index (κ3) is 3.81. The van der Waals surface area contributed by atoms with Gasteiger partial charge in [-0.3, -0.25) is 4.79 Å². The zero-order valence-electron chi connectivity index (χ0n) is 14.0. The molecule has 0 aliphatic heterocycles. The quantitative estimate of drug-likeness (QED) is 0.738. The molecule has 0 bridgehead atoms. The van der Waals surface area contributed by atoms with Crippen molar-refractivity contribution in [2.45, 2.75) is 13.3 Å². The molecule has 0 radical (unpaired) electrons. The van der Waals surface area contributed by atoms with Crippen LogP contribution < -0.4 is 9.64 Å². The Morgan fingerprint density at radius 3 is 2.78 bits per heavy atom. The molecule has 0 saturated heterocycles. The molecule has 120 valence electrons. The largest absolute Gasteiger partial charge is 0.497 e. The lowest BCUT2D eigenvalue weighted by molar-refractivity contribution is -0.110. The normalized spacial score (nSPS) is 13.3. The fourth-order valence-electron chi connectivity index (χ4n) is 2.44. The van der Waals surface area contributed by atoms with E-state index in [4.69, 9.17) is 4.74 Å². The van der Waals surface area contributed by atoms with Gasteiger partial charge in [-0.05, 0) is 25.5 Å². The van der Waals surface area contributed by atoms with Crippen LogP contribution in [0, 0.1) is 0 Å². The Balaban J connectivity index is 2.38. The van der Waals surface area contributed by atoms with Gasteiger partial charge in [0.25, 0.3) is 0 Å². The summed E-state index contributed by atoms with van der Waals surface area (Å²) in [6.45, 7) is 6.95. The maximum atomic E-state index is 12.8. The molecule has 3 heteroatoms. The molecule has 0 saturated carbocycles. The van der Waals surface area contributed by atoms with Gasteiger partial charge >= 0.3 is 0 Å². The van der Waals surface area contributed by atoms with Gasteiger partial charge in [0, 0.05) is 42.1 Å². The van der Waals surface area contributed by atoms with Crippen molar-refractivity contribution in [1.29, 1.82) is 0 Å². The number of allylic oxidation sites excluding steroid dienone is 7. The number of anilines is 1. The number of hydrogen-bond donors (Lipinski definition) is 0. The lowest BCUT2D eigenvalue weighted by Crippen LogP contribution is -2.18. The first kappa shape index (κ1) is 16.8. The summed E-state index contributed by atoms with van der Waals surface area (Å²) in [5.41, 5.74) is 3.06. The Morgan fingerprint density at radius 1 is 1.30 bits per heavy atom. The van der Waals surface area contributed by atoms with Crippen LogP contribution >= 0.6 is 0 Å². The van der Waals surface area contributed by atoms with Gasteiger partial charge in [-0.2, -0.15) is 0 Å². The number of carbonyl (C=O) groups is 1. The Hall–Kier alpha value is -2.55. The molecular weight excluding hydrogens is 286 g/mol. The third-order valence-corrected chi connectivity index (χ3v) is 3.97. The van der Waals surface area contributed by atoms with Crippen molar-refractivity contribution >= 4 is 17.0 Å². The molecule has 1 aliphatic rings. The summed E-state index contributed by atoms with van der Waals surface area (Å²) in [6, 6.07) is 5.71. The number of hydrogen-bond acceptors (Lipinski definition) is 3. The van der Waals surface area contributed by atoms with Gasteiger partial charge in [0.15, 0.2) is 5.78 Å². The Labute approximate surface area is 138 Å². The van der Waals surface area contributed by atoms with Crippen LogP contribution in [0.15, 0.2) is 60.7 Å². The van der Waals surface area contributed by atoms with Gasteiger partial charge in [0.2, 0.25) is 0 Å². The fraction of sp³-hybridized carbons (Fsp3) is 0.250. The van der Waals surface area contributed by atoms with Crippen molar-refractivity contribution in [3.8, 4) is 5.75 Å². The first-order valence-electron chi connectivity index (χ1n) is 7.74. The molecular formula is C20H23NO2. The molecule has 1 aliphatic carbocycles. The summed E-state index contributed by atoms with van der Waals surface area (Å²) in [5.74, 6) is 0.751. The summed E-state index contributed by atoms with van der Waals surface area (Å²) in [7, 11) is 3.63. The molecule has 23 heavy (non-hydrogen) atoms. The maximum absolute atomic E-state index is 12.8. The molecule has 0 N–H and O–H groups in total. The minimum Gasteiger partial charge on any atom is -0.497 e. The van der Waals surface area contributed by atoms with E-state index in [2.05, 4.69) is 18.4 Å². The number of methoxy groups -OCH3 is 1. The van der Waals surface area contributed by atoms with E-state index in [1.54, 1.807) is 7.11 Å². The van der Waals surface area contributed by atoms with E-state index in [1.807, 2.05) is 55.6 Å². The summed E-state index contributed by atoms with van der Waals surface area (Å²) in [6.07, 6.45) is 10.2. The maximum Gasteiger partial charge on any atom is 0.189 e. The van der Waals surface area contributed by atoms with Crippen molar-refractivity contribution < 1.29 is 9.53 Å². The topological polar surface area (TPSA) is 29.5 Å².